The first-order valence-electron chi connectivity index (χ1n) is 7.21. The number of likely N-dealkylation sites (N-methyl/N-ethyl adjacent to an activating group) is 1. The zero-order valence-electron chi connectivity index (χ0n) is 12.4. The second-order valence-electron chi connectivity index (χ2n) is 6.80. The Labute approximate surface area is 112 Å². The van der Waals surface area contributed by atoms with E-state index in [0.717, 1.165) is 32.4 Å². The second kappa shape index (κ2) is 6.16. The smallest absolute Gasteiger partial charge is 0.127 e. The van der Waals surface area contributed by atoms with E-state index in [1.54, 1.807) is 0 Å². The fourth-order valence-electron chi connectivity index (χ4n) is 3.26. The molecule has 1 N–H and O–H groups in total. The molecule has 0 aliphatic heterocycles. The third-order valence-corrected chi connectivity index (χ3v) is 3.97. The number of hydrogen-bond acceptors (Lipinski definition) is 3. The summed E-state index contributed by atoms with van der Waals surface area (Å²) >= 11 is 0. The van der Waals surface area contributed by atoms with Crippen molar-refractivity contribution in [2.75, 3.05) is 19.6 Å². The van der Waals surface area contributed by atoms with Gasteiger partial charge in [-0.1, -0.05) is 26.7 Å². The molecular formula is C15H29NO2. The van der Waals surface area contributed by atoms with Crippen LogP contribution >= 0.6 is 0 Å². The number of aliphatic hydroxyl groups is 1. The molecule has 0 heterocycles. The highest BCUT2D eigenvalue weighted by Gasteiger charge is 2.36. The van der Waals surface area contributed by atoms with Crippen molar-refractivity contribution in [3.8, 4) is 0 Å². The maximum Gasteiger partial charge on any atom is 0.127 e. The van der Waals surface area contributed by atoms with E-state index < -0.39 is 5.60 Å². The molecule has 106 valence electrons. The van der Waals surface area contributed by atoms with Gasteiger partial charge in [-0.05, 0) is 39.2 Å². The summed E-state index contributed by atoms with van der Waals surface area (Å²) in [4.78, 5) is 13.8. The highest BCUT2D eigenvalue weighted by molar-refractivity contribution is 5.60. The van der Waals surface area contributed by atoms with Gasteiger partial charge in [0.05, 0.1) is 5.60 Å². The van der Waals surface area contributed by atoms with E-state index in [0.29, 0.717) is 12.5 Å². The zero-order valence-corrected chi connectivity index (χ0v) is 12.4. The molecule has 2 atom stereocenters. The predicted molar refractivity (Wildman–Crippen MR) is 74.5 cm³/mol. The van der Waals surface area contributed by atoms with Crippen molar-refractivity contribution < 1.29 is 9.90 Å². The normalized spacial score (nSPS) is 29.6. The SMILES string of the molecule is CCN(CC(C)(C)O)CC1(C=O)CCCC(C)C1. The lowest BCUT2D eigenvalue weighted by Crippen LogP contribution is -2.46. The molecule has 0 spiro atoms. The molecule has 0 saturated heterocycles. The number of aldehydes is 1. The maximum atomic E-state index is 11.6. The molecule has 1 aliphatic carbocycles. The quantitative estimate of drug-likeness (QED) is 0.741. The van der Waals surface area contributed by atoms with Gasteiger partial charge in [-0.2, -0.15) is 0 Å². The number of nitrogens with zero attached hydrogens (tertiary/aromatic N) is 1. The monoisotopic (exact) mass is 255 g/mol. The summed E-state index contributed by atoms with van der Waals surface area (Å²) in [6.45, 7) is 10.3. The highest BCUT2D eigenvalue weighted by Crippen LogP contribution is 2.38. The molecule has 0 aromatic carbocycles. The van der Waals surface area contributed by atoms with Gasteiger partial charge in [-0.3, -0.25) is 4.90 Å². The summed E-state index contributed by atoms with van der Waals surface area (Å²) in [7, 11) is 0. The van der Waals surface area contributed by atoms with Gasteiger partial charge in [0.15, 0.2) is 0 Å². The molecule has 0 bridgehead atoms. The summed E-state index contributed by atoms with van der Waals surface area (Å²) in [5, 5.41) is 9.93. The van der Waals surface area contributed by atoms with Crippen LogP contribution in [0.25, 0.3) is 0 Å². The Balaban J connectivity index is 2.67. The van der Waals surface area contributed by atoms with Crippen molar-refractivity contribution in [3.63, 3.8) is 0 Å². The topological polar surface area (TPSA) is 40.5 Å². The van der Waals surface area contributed by atoms with Crippen LogP contribution in [0, 0.1) is 11.3 Å². The molecule has 0 aromatic rings. The molecule has 18 heavy (non-hydrogen) atoms. The number of carbonyl (C=O) groups excluding carboxylic acids is 1. The fourth-order valence-corrected chi connectivity index (χ4v) is 3.26. The molecule has 1 fully saturated rings. The van der Waals surface area contributed by atoms with Crippen LogP contribution in [0.1, 0.15) is 53.4 Å². The average Bonchev–Trinajstić information content (AvgIpc) is 2.26. The molecule has 1 saturated carbocycles. The van der Waals surface area contributed by atoms with Gasteiger partial charge in [-0.15, -0.1) is 0 Å². The third-order valence-electron chi connectivity index (χ3n) is 3.97. The molecule has 3 heteroatoms. The van der Waals surface area contributed by atoms with E-state index in [-0.39, 0.29) is 5.41 Å². The van der Waals surface area contributed by atoms with Crippen LogP contribution < -0.4 is 0 Å². The first-order valence-corrected chi connectivity index (χ1v) is 7.21. The minimum absolute atomic E-state index is 0.182. The summed E-state index contributed by atoms with van der Waals surface area (Å²) < 4.78 is 0. The third kappa shape index (κ3) is 4.69. The van der Waals surface area contributed by atoms with Crippen molar-refractivity contribution in [2.24, 2.45) is 11.3 Å². The number of carbonyl (C=O) groups is 1. The lowest BCUT2D eigenvalue weighted by molar-refractivity contribution is -0.120. The molecule has 1 aliphatic rings. The van der Waals surface area contributed by atoms with Gasteiger partial charge < -0.3 is 9.90 Å². The van der Waals surface area contributed by atoms with E-state index in [2.05, 4.69) is 18.7 Å². The zero-order chi connectivity index (χ0) is 13.8. The average molecular weight is 255 g/mol. The van der Waals surface area contributed by atoms with E-state index in [4.69, 9.17) is 0 Å². The Hall–Kier alpha value is -0.410. The summed E-state index contributed by atoms with van der Waals surface area (Å²) in [6, 6.07) is 0. The van der Waals surface area contributed by atoms with Crippen molar-refractivity contribution in [1.82, 2.24) is 4.90 Å². The van der Waals surface area contributed by atoms with Crippen molar-refractivity contribution >= 4 is 6.29 Å². The second-order valence-corrected chi connectivity index (χ2v) is 6.80. The first-order chi connectivity index (χ1) is 8.30. The number of hydrogen-bond donors (Lipinski definition) is 1. The molecule has 0 aromatic heterocycles. The standard InChI is InChI=1S/C15H29NO2/c1-5-16(10-14(3,4)18)11-15(12-17)8-6-7-13(2)9-15/h12-13,18H,5-11H2,1-4H3. The van der Waals surface area contributed by atoms with Crippen LogP contribution in [0.5, 0.6) is 0 Å². The van der Waals surface area contributed by atoms with Gasteiger partial charge in [0.1, 0.15) is 6.29 Å². The maximum absolute atomic E-state index is 11.6. The lowest BCUT2D eigenvalue weighted by atomic mass is 9.70. The van der Waals surface area contributed by atoms with Crippen molar-refractivity contribution in [1.29, 1.82) is 0 Å². The van der Waals surface area contributed by atoms with E-state index in [1.165, 1.54) is 12.7 Å². The van der Waals surface area contributed by atoms with Crippen LogP contribution in [0.3, 0.4) is 0 Å². The Kier molecular flexibility index (Phi) is 5.35. The van der Waals surface area contributed by atoms with Crippen LogP contribution in [0.4, 0.5) is 0 Å². The summed E-state index contributed by atoms with van der Waals surface area (Å²) in [6.07, 6.45) is 5.57. The summed E-state index contributed by atoms with van der Waals surface area (Å²) in [5.74, 6) is 0.643. The first kappa shape index (κ1) is 15.6. The summed E-state index contributed by atoms with van der Waals surface area (Å²) in [5.41, 5.74) is -0.876. The Morgan fingerprint density at radius 2 is 2.17 bits per heavy atom. The van der Waals surface area contributed by atoms with Crippen LogP contribution in [0.2, 0.25) is 0 Å². The van der Waals surface area contributed by atoms with Gasteiger partial charge in [0, 0.05) is 18.5 Å². The molecule has 3 nitrogen and oxygen atoms in total. The van der Waals surface area contributed by atoms with Gasteiger partial charge in [0.2, 0.25) is 0 Å². The van der Waals surface area contributed by atoms with E-state index in [9.17, 15) is 9.90 Å². The van der Waals surface area contributed by atoms with E-state index in [1.807, 2.05) is 13.8 Å². The molecule has 0 radical (unpaired) electrons. The molecule has 1 rings (SSSR count). The van der Waals surface area contributed by atoms with E-state index >= 15 is 0 Å². The Bertz CT molecular complexity index is 272. The van der Waals surface area contributed by atoms with Gasteiger partial charge >= 0.3 is 0 Å². The lowest BCUT2D eigenvalue weighted by Gasteiger charge is -2.40. The highest BCUT2D eigenvalue weighted by atomic mass is 16.3. The van der Waals surface area contributed by atoms with Gasteiger partial charge in [-0.25, -0.2) is 0 Å². The fraction of sp³-hybridized carbons (Fsp3) is 0.933. The van der Waals surface area contributed by atoms with Crippen LogP contribution in [-0.2, 0) is 4.79 Å². The largest absolute Gasteiger partial charge is 0.389 e. The Morgan fingerprint density at radius 3 is 2.61 bits per heavy atom. The predicted octanol–water partition coefficient (Wildman–Crippen LogP) is 2.47. The van der Waals surface area contributed by atoms with Crippen LogP contribution in [0.15, 0.2) is 0 Å². The molecule has 2 unspecified atom stereocenters. The van der Waals surface area contributed by atoms with Gasteiger partial charge in [0.25, 0.3) is 0 Å². The molecule has 0 amide bonds. The Morgan fingerprint density at radius 1 is 1.50 bits per heavy atom. The van der Waals surface area contributed by atoms with Crippen molar-refractivity contribution in [2.45, 2.75) is 59.0 Å². The minimum atomic E-state index is -0.694. The number of rotatable bonds is 6. The minimum Gasteiger partial charge on any atom is -0.389 e. The molecular weight excluding hydrogens is 226 g/mol. The van der Waals surface area contributed by atoms with Crippen molar-refractivity contribution in [3.05, 3.63) is 0 Å². The van der Waals surface area contributed by atoms with Crippen LogP contribution in [-0.4, -0.2) is 41.5 Å².